The Morgan fingerprint density at radius 3 is 2.82 bits per heavy atom. The van der Waals surface area contributed by atoms with E-state index in [0.29, 0.717) is 24.4 Å². The highest BCUT2D eigenvalue weighted by atomic mass is 16.6. The molecule has 3 rings (SSSR count). The van der Waals surface area contributed by atoms with Gasteiger partial charge in [-0.15, -0.1) is 0 Å². The Hall–Kier alpha value is -3.64. The average molecular weight is 382 g/mol. The van der Waals surface area contributed by atoms with Crippen molar-refractivity contribution in [2.24, 2.45) is 5.73 Å². The van der Waals surface area contributed by atoms with Gasteiger partial charge < -0.3 is 19.8 Å². The fraction of sp³-hybridized carbons (Fsp3) is 0.263. The number of nitro groups is 1. The van der Waals surface area contributed by atoms with Crippen molar-refractivity contribution in [1.82, 2.24) is 4.57 Å². The first kappa shape index (κ1) is 19.1. The molecule has 0 spiro atoms. The van der Waals surface area contributed by atoms with Crippen LogP contribution in [0.15, 0.2) is 46.6 Å². The van der Waals surface area contributed by atoms with Gasteiger partial charge in [-0.3, -0.25) is 14.9 Å². The second-order valence-corrected chi connectivity index (χ2v) is 6.29. The van der Waals surface area contributed by atoms with Gasteiger partial charge in [-0.25, -0.2) is 0 Å². The predicted octanol–water partition coefficient (Wildman–Crippen LogP) is 1.93. The molecule has 0 amide bonds. The minimum atomic E-state index is -0.865. The van der Waals surface area contributed by atoms with Gasteiger partial charge >= 0.3 is 0 Å². The summed E-state index contributed by atoms with van der Waals surface area (Å²) in [5.41, 5.74) is 6.73. The largest absolute Gasteiger partial charge is 0.440 e. The summed E-state index contributed by atoms with van der Waals surface area (Å²) < 4.78 is 12.1. The van der Waals surface area contributed by atoms with E-state index in [1.54, 1.807) is 19.1 Å². The molecular weight excluding hydrogens is 364 g/mol. The van der Waals surface area contributed by atoms with Crippen molar-refractivity contribution in [3.05, 3.63) is 79.1 Å². The van der Waals surface area contributed by atoms with Crippen LogP contribution in [-0.4, -0.2) is 23.2 Å². The maximum absolute atomic E-state index is 13.2. The number of fused-ring (bicyclic) bond motifs is 1. The quantitative estimate of drug-likeness (QED) is 0.617. The minimum absolute atomic E-state index is 0.0345. The van der Waals surface area contributed by atoms with E-state index in [2.05, 4.69) is 0 Å². The molecule has 1 unspecified atom stereocenters. The Kier molecular flexibility index (Phi) is 5.15. The zero-order valence-corrected chi connectivity index (χ0v) is 15.3. The highest BCUT2D eigenvalue weighted by molar-refractivity contribution is 5.56. The van der Waals surface area contributed by atoms with Crippen molar-refractivity contribution in [3.8, 4) is 11.8 Å². The highest BCUT2D eigenvalue weighted by Gasteiger charge is 2.34. The number of nitriles is 1. The standard InChI is InChI=1S/C19H18N4O5/c1-11-8-15-17(19(24)22(11)6-7-27-2)16(14(10-20)18(21)28-15)12-4-3-5-13(9-12)23(25)26/h3-5,8-9,16H,6-7,21H2,1-2H3. The van der Waals surface area contributed by atoms with E-state index in [0.717, 1.165) is 0 Å². The van der Waals surface area contributed by atoms with Crippen molar-refractivity contribution in [3.63, 3.8) is 0 Å². The van der Waals surface area contributed by atoms with E-state index in [1.165, 1.54) is 29.9 Å². The molecule has 2 aromatic rings. The molecule has 0 fully saturated rings. The predicted molar refractivity (Wildman–Crippen MR) is 99.7 cm³/mol. The normalized spacial score (nSPS) is 15.5. The molecule has 0 radical (unpaired) electrons. The lowest BCUT2D eigenvalue weighted by molar-refractivity contribution is -0.384. The third-order valence-electron chi connectivity index (χ3n) is 4.62. The Morgan fingerprint density at radius 1 is 1.43 bits per heavy atom. The van der Waals surface area contributed by atoms with Gasteiger partial charge in [-0.2, -0.15) is 5.26 Å². The number of ether oxygens (including phenoxy) is 2. The number of non-ortho nitro benzene ring substituents is 1. The van der Waals surface area contributed by atoms with Crippen LogP contribution < -0.4 is 16.0 Å². The SMILES string of the molecule is COCCn1c(C)cc2c(c1=O)C(c1cccc([N+](=O)[O-])c1)C(C#N)=C(N)O2. The molecule has 28 heavy (non-hydrogen) atoms. The van der Waals surface area contributed by atoms with Crippen LogP contribution in [0.2, 0.25) is 0 Å². The molecule has 1 aromatic heterocycles. The summed E-state index contributed by atoms with van der Waals surface area (Å²) in [4.78, 5) is 23.9. The fourth-order valence-electron chi connectivity index (χ4n) is 3.30. The molecule has 0 saturated heterocycles. The van der Waals surface area contributed by atoms with Crippen LogP contribution in [0, 0.1) is 28.4 Å². The van der Waals surface area contributed by atoms with E-state index in [1.807, 2.05) is 6.07 Å². The van der Waals surface area contributed by atoms with Crippen LogP contribution in [0.5, 0.6) is 5.75 Å². The van der Waals surface area contributed by atoms with E-state index in [9.17, 15) is 20.2 Å². The maximum Gasteiger partial charge on any atom is 0.269 e. The smallest absolute Gasteiger partial charge is 0.269 e. The van der Waals surface area contributed by atoms with Crippen LogP contribution in [0.3, 0.4) is 0 Å². The summed E-state index contributed by atoms with van der Waals surface area (Å²) in [5.74, 6) is -0.750. The van der Waals surface area contributed by atoms with Gasteiger partial charge in [0.2, 0.25) is 5.88 Å². The number of nitro benzene ring substituents is 1. The number of aryl methyl sites for hydroxylation is 1. The van der Waals surface area contributed by atoms with Gasteiger partial charge in [0.15, 0.2) is 0 Å². The van der Waals surface area contributed by atoms with Crippen molar-refractivity contribution in [2.75, 3.05) is 13.7 Å². The summed E-state index contributed by atoms with van der Waals surface area (Å²) >= 11 is 0. The lowest BCUT2D eigenvalue weighted by Crippen LogP contribution is -2.33. The Bertz CT molecular complexity index is 1080. The van der Waals surface area contributed by atoms with E-state index in [-0.39, 0.29) is 34.0 Å². The third kappa shape index (κ3) is 3.21. The second-order valence-electron chi connectivity index (χ2n) is 6.29. The van der Waals surface area contributed by atoms with Gasteiger partial charge in [0.05, 0.1) is 23.0 Å². The first-order chi connectivity index (χ1) is 13.4. The molecule has 1 aromatic carbocycles. The lowest BCUT2D eigenvalue weighted by atomic mass is 9.84. The number of hydrogen-bond acceptors (Lipinski definition) is 7. The molecule has 144 valence electrons. The topological polar surface area (TPSA) is 133 Å². The number of nitrogens with two attached hydrogens (primary N) is 1. The highest BCUT2D eigenvalue weighted by Crippen LogP contribution is 2.41. The molecule has 0 bridgehead atoms. The van der Waals surface area contributed by atoms with E-state index >= 15 is 0 Å². The zero-order chi connectivity index (χ0) is 20.4. The Balaban J connectivity index is 2.28. The third-order valence-corrected chi connectivity index (χ3v) is 4.62. The first-order valence-corrected chi connectivity index (χ1v) is 8.44. The molecule has 1 aliphatic heterocycles. The minimum Gasteiger partial charge on any atom is -0.440 e. The van der Waals surface area contributed by atoms with Crippen LogP contribution in [0.4, 0.5) is 5.69 Å². The number of hydrogen-bond donors (Lipinski definition) is 1. The number of methoxy groups -OCH3 is 1. The van der Waals surface area contributed by atoms with Gasteiger partial charge in [0.1, 0.15) is 17.4 Å². The molecular formula is C19H18N4O5. The monoisotopic (exact) mass is 382 g/mol. The number of nitrogens with zero attached hydrogens (tertiary/aromatic N) is 3. The second kappa shape index (κ2) is 7.54. The summed E-state index contributed by atoms with van der Waals surface area (Å²) in [6, 6.07) is 9.45. The Morgan fingerprint density at radius 2 is 2.18 bits per heavy atom. The zero-order valence-electron chi connectivity index (χ0n) is 15.3. The number of rotatable bonds is 5. The van der Waals surface area contributed by atoms with Crippen LogP contribution in [0.1, 0.15) is 22.7 Å². The summed E-state index contributed by atoms with van der Waals surface area (Å²) in [5, 5.41) is 20.8. The first-order valence-electron chi connectivity index (χ1n) is 8.44. The maximum atomic E-state index is 13.2. The van der Waals surface area contributed by atoms with Crippen molar-refractivity contribution in [2.45, 2.75) is 19.4 Å². The summed E-state index contributed by atoms with van der Waals surface area (Å²) in [6.07, 6.45) is 0. The van der Waals surface area contributed by atoms with Gasteiger partial charge in [0.25, 0.3) is 11.2 Å². The Labute approximate surface area is 160 Å². The lowest BCUT2D eigenvalue weighted by Gasteiger charge is -2.27. The van der Waals surface area contributed by atoms with Crippen LogP contribution in [-0.2, 0) is 11.3 Å². The molecule has 0 aliphatic carbocycles. The fourth-order valence-corrected chi connectivity index (χ4v) is 3.30. The van der Waals surface area contributed by atoms with Crippen molar-refractivity contribution >= 4 is 5.69 Å². The summed E-state index contributed by atoms with van der Waals surface area (Å²) in [7, 11) is 1.53. The van der Waals surface area contributed by atoms with Crippen LogP contribution in [0.25, 0.3) is 0 Å². The molecule has 2 heterocycles. The molecule has 9 nitrogen and oxygen atoms in total. The van der Waals surface area contributed by atoms with Crippen molar-refractivity contribution in [1.29, 1.82) is 5.26 Å². The van der Waals surface area contributed by atoms with Crippen LogP contribution >= 0.6 is 0 Å². The number of pyridine rings is 1. The molecule has 9 heteroatoms. The summed E-state index contributed by atoms with van der Waals surface area (Å²) in [6.45, 7) is 2.39. The van der Waals surface area contributed by atoms with Gasteiger partial charge in [-0.1, -0.05) is 12.1 Å². The van der Waals surface area contributed by atoms with E-state index in [4.69, 9.17) is 15.2 Å². The molecule has 1 atom stereocenters. The molecule has 2 N–H and O–H groups in total. The molecule has 0 saturated carbocycles. The number of benzene rings is 1. The average Bonchev–Trinajstić information content (AvgIpc) is 2.67. The van der Waals surface area contributed by atoms with E-state index < -0.39 is 10.8 Å². The number of allylic oxidation sites excluding steroid dienone is 1. The van der Waals surface area contributed by atoms with Gasteiger partial charge in [-0.05, 0) is 12.5 Å². The number of aromatic nitrogens is 1. The van der Waals surface area contributed by atoms with Gasteiger partial charge in [0, 0.05) is 37.5 Å². The molecule has 1 aliphatic rings. The van der Waals surface area contributed by atoms with Crippen molar-refractivity contribution < 1.29 is 14.4 Å².